The van der Waals surface area contributed by atoms with Crippen molar-refractivity contribution in [3.63, 3.8) is 0 Å². The maximum absolute atomic E-state index is 5.90. The Morgan fingerprint density at radius 3 is 3.00 bits per heavy atom. The van der Waals surface area contributed by atoms with Crippen LogP contribution < -0.4 is 10.1 Å². The van der Waals surface area contributed by atoms with Gasteiger partial charge in [-0.25, -0.2) is 0 Å². The number of benzene rings is 1. The molecule has 0 spiro atoms. The summed E-state index contributed by atoms with van der Waals surface area (Å²) >= 11 is 0. The summed E-state index contributed by atoms with van der Waals surface area (Å²) in [7, 11) is 3.39. The Hall–Kier alpha value is -1.10. The van der Waals surface area contributed by atoms with Gasteiger partial charge < -0.3 is 19.5 Å². The molecule has 1 aromatic rings. The Balaban J connectivity index is 1.75. The molecule has 0 radical (unpaired) electrons. The Labute approximate surface area is 115 Å². The SMILES string of the molecule is COCC(CNCC1Cc2cc(C)ccc2O1)OC. The smallest absolute Gasteiger partial charge is 0.123 e. The second-order valence-electron chi connectivity index (χ2n) is 5.03. The number of fused-ring (bicyclic) bond motifs is 1. The lowest BCUT2D eigenvalue weighted by Crippen LogP contribution is -2.37. The third-order valence-corrected chi connectivity index (χ3v) is 3.39. The van der Waals surface area contributed by atoms with Crippen molar-refractivity contribution in [1.82, 2.24) is 5.32 Å². The molecule has 1 aromatic carbocycles. The molecule has 1 aliphatic rings. The predicted octanol–water partition coefficient (Wildman–Crippen LogP) is 1.55. The lowest BCUT2D eigenvalue weighted by atomic mass is 10.1. The third-order valence-electron chi connectivity index (χ3n) is 3.39. The molecule has 0 fully saturated rings. The molecule has 2 atom stereocenters. The van der Waals surface area contributed by atoms with Gasteiger partial charge in [-0.3, -0.25) is 0 Å². The van der Waals surface area contributed by atoms with Crippen molar-refractivity contribution in [2.45, 2.75) is 25.6 Å². The maximum atomic E-state index is 5.90. The van der Waals surface area contributed by atoms with Crippen molar-refractivity contribution < 1.29 is 14.2 Å². The minimum absolute atomic E-state index is 0.0935. The van der Waals surface area contributed by atoms with Crippen LogP contribution >= 0.6 is 0 Å². The highest BCUT2D eigenvalue weighted by Crippen LogP contribution is 2.29. The fourth-order valence-corrected chi connectivity index (χ4v) is 2.36. The van der Waals surface area contributed by atoms with Gasteiger partial charge in [0.15, 0.2) is 0 Å². The minimum atomic E-state index is 0.0935. The van der Waals surface area contributed by atoms with Gasteiger partial charge in [-0.1, -0.05) is 17.7 Å². The van der Waals surface area contributed by atoms with Crippen LogP contribution in [0.4, 0.5) is 0 Å². The van der Waals surface area contributed by atoms with E-state index in [0.29, 0.717) is 6.61 Å². The summed E-state index contributed by atoms with van der Waals surface area (Å²) in [5.41, 5.74) is 2.60. The standard InChI is InChI=1S/C15H23NO3/c1-11-4-5-15-12(6-11)7-13(19-15)8-16-9-14(18-3)10-17-2/h4-6,13-14,16H,7-10H2,1-3H3. The van der Waals surface area contributed by atoms with Crippen LogP contribution in [0.1, 0.15) is 11.1 Å². The summed E-state index contributed by atoms with van der Waals surface area (Å²) in [6, 6.07) is 6.36. The van der Waals surface area contributed by atoms with Crippen molar-refractivity contribution >= 4 is 0 Å². The zero-order valence-corrected chi connectivity index (χ0v) is 11.9. The second kappa shape index (κ2) is 6.89. The van der Waals surface area contributed by atoms with Gasteiger partial charge in [0.25, 0.3) is 0 Å². The van der Waals surface area contributed by atoms with Crippen LogP contribution in [0.3, 0.4) is 0 Å². The van der Waals surface area contributed by atoms with Crippen molar-refractivity contribution in [3.05, 3.63) is 29.3 Å². The maximum Gasteiger partial charge on any atom is 0.123 e. The molecule has 2 rings (SSSR count). The summed E-state index contributed by atoms with van der Waals surface area (Å²) in [5.74, 6) is 1.03. The monoisotopic (exact) mass is 265 g/mol. The normalized spacial score (nSPS) is 19.0. The highest BCUT2D eigenvalue weighted by atomic mass is 16.5. The van der Waals surface area contributed by atoms with Crippen LogP contribution in [0.25, 0.3) is 0 Å². The predicted molar refractivity (Wildman–Crippen MR) is 74.8 cm³/mol. The highest BCUT2D eigenvalue weighted by molar-refractivity contribution is 5.40. The number of ether oxygens (including phenoxy) is 3. The minimum Gasteiger partial charge on any atom is -0.488 e. The zero-order valence-electron chi connectivity index (χ0n) is 11.9. The first-order valence-corrected chi connectivity index (χ1v) is 6.71. The lowest BCUT2D eigenvalue weighted by Gasteiger charge is -2.17. The van der Waals surface area contributed by atoms with Gasteiger partial charge in [-0.15, -0.1) is 0 Å². The van der Waals surface area contributed by atoms with Crippen LogP contribution in [0.5, 0.6) is 5.75 Å². The number of nitrogens with one attached hydrogen (secondary N) is 1. The lowest BCUT2D eigenvalue weighted by molar-refractivity contribution is 0.0278. The summed E-state index contributed by atoms with van der Waals surface area (Å²) in [5, 5.41) is 3.38. The first-order valence-electron chi connectivity index (χ1n) is 6.71. The van der Waals surface area contributed by atoms with E-state index in [0.717, 1.165) is 25.3 Å². The molecular weight excluding hydrogens is 242 g/mol. The molecule has 2 unspecified atom stereocenters. The molecule has 0 amide bonds. The number of hydrogen-bond acceptors (Lipinski definition) is 4. The van der Waals surface area contributed by atoms with E-state index in [-0.39, 0.29) is 12.2 Å². The summed E-state index contributed by atoms with van der Waals surface area (Å²) in [6.45, 7) is 4.32. The largest absolute Gasteiger partial charge is 0.488 e. The van der Waals surface area contributed by atoms with E-state index in [1.54, 1.807) is 14.2 Å². The van der Waals surface area contributed by atoms with Gasteiger partial charge in [-0.05, 0) is 18.6 Å². The van der Waals surface area contributed by atoms with Gasteiger partial charge in [0, 0.05) is 33.7 Å². The Morgan fingerprint density at radius 1 is 1.42 bits per heavy atom. The molecule has 1 aliphatic heterocycles. The molecule has 0 bridgehead atoms. The van der Waals surface area contributed by atoms with E-state index in [9.17, 15) is 0 Å². The number of aryl methyl sites for hydroxylation is 1. The highest BCUT2D eigenvalue weighted by Gasteiger charge is 2.22. The average molecular weight is 265 g/mol. The Morgan fingerprint density at radius 2 is 2.26 bits per heavy atom. The Kier molecular flexibility index (Phi) is 5.19. The van der Waals surface area contributed by atoms with E-state index in [1.807, 2.05) is 0 Å². The topological polar surface area (TPSA) is 39.7 Å². The fraction of sp³-hybridized carbons (Fsp3) is 0.600. The van der Waals surface area contributed by atoms with Crippen molar-refractivity contribution in [1.29, 1.82) is 0 Å². The van der Waals surface area contributed by atoms with E-state index >= 15 is 0 Å². The van der Waals surface area contributed by atoms with E-state index in [4.69, 9.17) is 14.2 Å². The van der Waals surface area contributed by atoms with Crippen molar-refractivity contribution in [3.8, 4) is 5.75 Å². The molecule has 4 nitrogen and oxygen atoms in total. The molecular formula is C15H23NO3. The van der Waals surface area contributed by atoms with Gasteiger partial charge in [-0.2, -0.15) is 0 Å². The van der Waals surface area contributed by atoms with Crippen LogP contribution in [0.15, 0.2) is 18.2 Å². The average Bonchev–Trinajstić information content (AvgIpc) is 2.79. The summed E-state index contributed by atoms with van der Waals surface area (Å²) in [4.78, 5) is 0. The summed E-state index contributed by atoms with van der Waals surface area (Å²) in [6.07, 6.45) is 1.29. The molecule has 106 valence electrons. The quantitative estimate of drug-likeness (QED) is 0.812. The zero-order chi connectivity index (χ0) is 13.7. The molecule has 1 heterocycles. The van der Waals surface area contributed by atoms with E-state index < -0.39 is 0 Å². The van der Waals surface area contributed by atoms with Crippen LogP contribution in [-0.4, -0.2) is 46.1 Å². The molecule has 0 aromatic heterocycles. The van der Waals surface area contributed by atoms with Crippen LogP contribution in [0, 0.1) is 6.92 Å². The number of hydrogen-bond donors (Lipinski definition) is 1. The van der Waals surface area contributed by atoms with E-state index in [1.165, 1.54) is 11.1 Å². The van der Waals surface area contributed by atoms with Gasteiger partial charge in [0.05, 0.1) is 12.7 Å². The molecule has 1 N–H and O–H groups in total. The van der Waals surface area contributed by atoms with Crippen LogP contribution in [-0.2, 0) is 15.9 Å². The fourth-order valence-electron chi connectivity index (χ4n) is 2.36. The second-order valence-corrected chi connectivity index (χ2v) is 5.03. The van der Waals surface area contributed by atoms with Crippen molar-refractivity contribution in [2.24, 2.45) is 0 Å². The van der Waals surface area contributed by atoms with Crippen LogP contribution in [0.2, 0.25) is 0 Å². The number of methoxy groups -OCH3 is 2. The summed E-state index contributed by atoms with van der Waals surface area (Å²) < 4.78 is 16.3. The third kappa shape index (κ3) is 3.93. The van der Waals surface area contributed by atoms with Gasteiger partial charge >= 0.3 is 0 Å². The molecule has 4 heteroatoms. The molecule has 0 saturated carbocycles. The Bertz CT molecular complexity index is 408. The van der Waals surface area contributed by atoms with Crippen molar-refractivity contribution in [2.75, 3.05) is 33.9 Å². The first kappa shape index (κ1) is 14.3. The van der Waals surface area contributed by atoms with E-state index in [2.05, 4.69) is 30.4 Å². The molecule has 0 saturated heterocycles. The van der Waals surface area contributed by atoms with Gasteiger partial charge in [0.1, 0.15) is 11.9 Å². The number of rotatable bonds is 7. The molecule has 0 aliphatic carbocycles. The molecule has 19 heavy (non-hydrogen) atoms. The van der Waals surface area contributed by atoms with Gasteiger partial charge in [0.2, 0.25) is 0 Å². The first-order chi connectivity index (χ1) is 9.22.